The summed E-state index contributed by atoms with van der Waals surface area (Å²) >= 11 is 0. The van der Waals surface area contributed by atoms with E-state index in [1.165, 1.54) is 0 Å². The van der Waals surface area contributed by atoms with Crippen LogP contribution in [0.3, 0.4) is 0 Å². The number of fused-ring (bicyclic) bond motifs is 1. The summed E-state index contributed by atoms with van der Waals surface area (Å²) in [5.41, 5.74) is 9.16. The molecule has 3 heteroatoms. The fraction of sp³-hybridized carbons (Fsp3) is 0.250. The van der Waals surface area contributed by atoms with Crippen molar-refractivity contribution in [3.05, 3.63) is 41.1 Å². The van der Waals surface area contributed by atoms with E-state index < -0.39 is 0 Å². The monoisotopic (exact) mass is 202 g/mol. The van der Waals surface area contributed by atoms with Crippen LogP contribution in [0.5, 0.6) is 0 Å². The number of anilines is 1. The average molecular weight is 202 g/mol. The van der Waals surface area contributed by atoms with Gasteiger partial charge in [0.2, 0.25) is 0 Å². The first-order chi connectivity index (χ1) is 7.20. The van der Waals surface area contributed by atoms with Crippen molar-refractivity contribution < 1.29 is 4.79 Å². The minimum atomic E-state index is -0.0319. The number of carbonyl (C=O) groups is 1. The molecule has 0 fully saturated rings. The molecule has 78 valence electrons. The number of amides is 1. The third-order valence-electron chi connectivity index (χ3n) is 2.66. The Balaban J connectivity index is 2.43. The molecule has 0 aromatic heterocycles. The molecule has 0 unspecified atom stereocenters. The quantitative estimate of drug-likeness (QED) is 0.631. The summed E-state index contributed by atoms with van der Waals surface area (Å²) in [4.78, 5) is 11.8. The lowest BCUT2D eigenvalue weighted by atomic mass is 10.0. The standard InChI is InChI=1S/C12H14N2O/c1-2-10-5-3-8-7-9(13)4-6-11(8)12(15)14-10/h2,4,6-7H,3,5,13H2,1H3,(H,14,15)/b10-2-. The van der Waals surface area contributed by atoms with E-state index in [0.29, 0.717) is 5.69 Å². The van der Waals surface area contributed by atoms with Crippen molar-refractivity contribution in [2.24, 2.45) is 0 Å². The lowest BCUT2D eigenvalue weighted by Gasteiger charge is -2.04. The second kappa shape index (κ2) is 3.77. The molecule has 1 amide bonds. The fourth-order valence-electron chi connectivity index (χ4n) is 1.80. The molecular formula is C12H14N2O. The summed E-state index contributed by atoms with van der Waals surface area (Å²) in [6.45, 7) is 1.93. The third-order valence-corrected chi connectivity index (χ3v) is 2.66. The maximum absolute atomic E-state index is 11.8. The molecule has 0 aliphatic carbocycles. The van der Waals surface area contributed by atoms with E-state index in [1.54, 1.807) is 12.1 Å². The van der Waals surface area contributed by atoms with Gasteiger partial charge in [-0.05, 0) is 43.5 Å². The molecule has 1 aromatic carbocycles. The summed E-state index contributed by atoms with van der Waals surface area (Å²) in [5, 5.41) is 2.89. The van der Waals surface area contributed by atoms with Crippen LogP contribution >= 0.6 is 0 Å². The van der Waals surface area contributed by atoms with E-state index in [9.17, 15) is 4.79 Å². The van der Waals surface area contributed by atoms with Crippen LogP contribution < -0.4 is 11.1 Å². The van der Waals surface area contributed by atoms with Crippen LogP contribution in [0, 0.1) is 0 Å². The zero-order valence-electron chi connectivity index (χ0n) is 8.71. The number of nitrogen functional groups attached to an aromatic ring is 1. The van der Waals surface area contributed by atoms with Gasteiger partial charge in [0.25, 0.3) is 5.91 Å². The van der Waals surface area contributed by atoms with Gasteiger partial charge in [0.15, 0.2) is 0 Å². The van der Waals surface area contributed by atoms with Crippen molar-refractivity contribution in [2.75, 3.05) is 5.73 Å². The van der Waals surface area contributed by atoms with Gasteiger partial charge in [-0.2, -0.15) is 0 Å². The van der Waals surface area contributed by atoms with Crippen LogP contribution in [-0.4, -0.2) is 5.91 Å². The van der Waals surface area contributed by atoms with Crippen LogP contribution in [0.15, 0.2) is 30.0 Å². The molecule has 2 rings (SSSR count). The van der Waals surface area contributed by atoms with Crippen molar-refractivity contribution in [2.45, 2.75) is 19.8 Å². The summed E-state index contributed by atoms with van der Waals surface area (Å²) in [6, 6.07) is 5.44. The number of hydrogen-bond acceptors (Lipinski definition) is 2. The van der Waals surface area contributed by atoms with Gasteiger partial charge >= 0.3 is 0 Å². The molecule has 1 aliphatic heterocycles. The first-order valence-electron chi connectivity index (χ1n) is 5.05. The molecule has 0 atom stereocenters. The van der Waals surface area contributed by atoms with Gasteiger partial charge in [-0.1, -0.05) is 6.08 Å². The Morgan fingerprint density at radius 2 is 2.20 bits per heavy atom. The van der Waals surface area contributed by atoms with Crippen molar-refractivity contribution in [1.82, 2.24) is 5.32 Å². The number of nitrogens with two attached hydrogens (primary N) is 1. The van der Waals surface area contributed by atoms with Crippen LogP contribution in [0.25, 0.3) is 0 Å². The summed E-state index contributed by atoms with van der Waals surface area (Å²) in [7, 11) is 0. The van der Waals surface area contributed by atoms with Crippen molar-refractivity contribution >= 4 is 11.6 Å². The van der Waals surface area contributed by atoms with Crippen LogP contribution in [0.1, 0.15) is 29.3 Å². The SMILES string of the molecule is C/C=C1/CCc2cc(N)ccc2C(=O)N1. The topological polar surface area (TPSA) is 55.1 Å². The number of carbonyl (C=O) groups excluding carboxylic acids is 1. The highest BCUT2D eigenvalue weighted by Crippen LogP contribution is 2.20. The zero-order valence-corrected chi connectivity index (χ0v) is 8.71. The lowest BCUT2D eigenvalue weighted by molar-refractivity contribution is 0.0966. The van der Waals surface area contributed by atoms with Gasteiger partial charge in [0, 0.05) is 16.9 Å². The Hall–Kier alpha value is -1.77. The Bertz CT molecular complexity index is 435. The number of benzene rings is 1. The first-order valence-corrected chi connectivity index (χ1v) is 5.05. The van der Waals surface area contributed by atoms with Crippen LogP contribution in [-0.2, 0) is 6.42 Å². The van der Waals surface area contributed by atoms with Gasteiger partial charge in [0.05, 0.1) is 0 Å². The fourth-order valence-corrected chi connectivity index (χ4v) is 1.80. The predicted octanol–water partition coefficient (Wildman–Crippen LogP) is 1.85. The van der Waals surface area contributed by atoms with E-state index >= 15 is 0 Å². The van der Waals surface area contributed by atoms with Gasteiger partial charge in [-0.15, -0.1) is 0 Å². The smallest absolute Gasteiger partial charge is 0.255 e. The second-order valence-electron chi connectivity index (χ2n) is 3.68. The van der Waals surface area contributed by atoms with E-state index in [2.05, 4.69) is 5.32 Å². The largest absolute Gasteiger partial charge is 0.399 e. The van der Waals surface area contributed by atoms with Crippen LogP contribution in [0.4, 0.5) is 5.69 Å². The van der Waals surface area contributed by atoms with Crippen LogP contribution in [0.2, 0.25) is 0 Å². The van der Waals surface area contributed by atoms with E-state index in [4.69, 9.17) is 5.73 Å². The van der Waals surface area contributed by atoms with Gasteiger partial charge in [0.1, 0.15) is 0 Å². The van der Waals surface area contributed by atoms with Crippen molar-refractivity contribution in [3.63, 3.8) is 0 Å². The Morgan fingerprint density at radius 1 is 1.40 bits per heavy atom. The van der Waals surface area contributed by atoms with Gasteiger partial charge in [-0.3, -0.25) is 4.79 Å². The van der Waals surface area contributed by atoms with Crippen molar-refractivity contribution in [3.8, 4) is 0 Å². The molecule has 0 bridgehead atoms. The Kier molecular flexibility index (Phi) is 2.46. The van der Waals surface area contributed by atoms with Crippen molar-refractivity contribution in [1.29, 1.82) is 0 Å². The molecule has 0 radical (unpaired) electrons. The average Bonchev–Trinajstić information content (AvgIpc) is 2.38. The molecule has 3 nitrogen and oxygen atoms in total. The maximum atomic E-state index is 11.8. The Labute approximate surface area is 89.0 Å². The summed E-state index contributed by atoms with van der Waals surface area (Å²) < 4.78 is 0. The predicted molar refractivity (Wildman–Crippen MR) is 60.4 cm³/mol. The number of hydrogen-bond donors (Lipinski definition) is 2. The molecule has 1 aliphatic rings. The Morgan fingerprint density at radius 3 is 2.93 bits per heavy atom. The lowest BCUT2D eigenvalue weighted by Crippen LogP contribution is -2.21. The molecule has 15 heavy (non-hydrogen) atoms. The van der Waals surface area contributed by atoms with Gasteiger partial charge in [-0.25, -0.2) is 0 Å². The highest BCUT2D eigenvalue weighted by atomic mass is 16.1. The molecular weight excluding hydrogens is 188 g/mol. The normalized spacial score (nSPS) is 18.2. The molecule has 1 aromatic rings. The maximum Gasteiger partial charge on any atom is 0.255 e. The van der Waals surface area contributed by atoms with E-state index in [1.807, 2.05) is 19.1 Å². The number of nitrogens with one attached hydrogen (secondary N) is 1. The van der Waals surface area contributed by atoms with E-state index in [0.717, 1.165) is 29.7 Å². The summed E-state index contributed by atoms with van der Waals surface area (Å²) in [6.07, 6.45) is 3.66. The third kappa shape index (κ3) is 1.86. The van der Waals surface area contributed by atoms with Gasteiger partial charge < -0.3 is 11.1 Å². The first kappa shape index (κ1) is 9.77. The molecule has 0 spiro atoms. The highest BCUT2D eigenvalue weighted by molar-refractivity contribution is 5.97. The van der Waals surface area contributed by atoms with E-state index in [-0.39, 0.29) is 5.91 Å². The minimum Gasteiger partial charge on any atom is -0.399 e. The highest BCUT2D eigenvalue weighted by Gasteiger charge is 2.16. The number of aryl methyl sites for hydroxylation is 1. The summed E-state index contributed by atoms with van der Waals surface area (Å²) in [5.74, 6) is -0.0319. The second-order valence-corrected chi connectivity index (χ2v) is 3.68. The molecule has 0 saturated carbocycles. The molecule has 0 saturated heterocycles. The molecule has 1 heterocycles. The minimum absolute atomic E-state index is 0.0319. The number of rotatable bonds is 0. The zero-order chi connectivity index (χ0) is 10.8. The molecule has 3 N–H and O–H groups in total. The number of allylic oxidation sites excluding steroid dienone is 2.